The van der Waals surface area contributed by atoms with Crippen LogP contribution in [0.5, 0.6) is 0 Å². The monoisotopic (exact) mass is 619 g/mol. The lowest BCUT2D eigenvalue weighted by atomic mass is 9.84. The van der Waals surface area contributed by atoms with E-state index in [1.807, 2.05) is 42.5 Å². The largest absolute Gasteiger partial charge is 0.494 e. The van der Waals surface area contributed by atoms with Crippen LogP contribution in [0, 0.1) is 18.8 Å². The molecule has 46 heavy (non-hydrogen) atoms. The molecule has 8 nitrogen and oxygen atoms in total. The van der Waals surface area contributed by atoms with Crippen molar-refractivity contribution in [3.8, 4) is 5.69 Å². The molecule has 3 aliphatic heterocycles. The Labute approximate surface area is 271 Å². The van der Waals surface area contributed by atoms with Crippen LogP contribution in [0.4, 0.5) is 16.3 Å². The Kier molecular flexibility index (Phi) is 7.99. The maximum absolute atomic E-state index is 13.6. The van der Waals surface area contributed by atoms with Gasteiger partial charge >= 0.3 is 6.03 Å². The molecule has 7 rings (SSSR count). The van der Waals surface area contributed by atoms with Gasteiger partial charge < -0.3 is 15.0 Å². The predicted octanol–water partition coefficient (Wildman–Crippen LogP) is 7.68. The molecule has 4 atom stereocenters. The molecule has 3 amide bonds. The second-order valence-electron chi connectivity index (χ2n) is 14.7. The molecule has 4 aliphatic rings. The number of fused-ring (bicyclic) bond motifs is 3. The van der Waals surface area contributed by atoms with Crippen LogP contribution in [0.3, 0.4) is 0 Å². The van der Waals surface area contributed by atoms with Crippen LogP contribution >= 0.6 is 0 Å². The first-order valence-corrected chi connectivity index (χ1v) is 16.8. The molecule has 0 saturated carbocycles. The number of hydrogen-bond acceptors (Lipinski definition) is 4. The molecule has 4 unspecified atom stereocenters. The van der Waals surface area contributed by atoms with E-state index >= 15 is 0 Å². The molecule has 1 aliphatic carbocycles. The molecule has 1 aromatic heterocycles. The lowest BCUT2D eigenvalue weighted by Gasteiger charge is -2.40. The van der Waals surface area contributed by atoms with Gasteiger partial charge in [-0.2, -0.15) is 5.10 Å². The highest BCUT2D eigenvalue weighted by atomic mass is 16.5. The summed E-state index contributed by atoms with van der Waals surface area (Å²) in [4.78, 5) is 29.1. The van der Waals surface area contributed by atoms with Crippen LogP contribution in [0.15, 0.2) is 78.6 Å². The third-order valence-electron chi connectivity index (χ3n) is 10.1. The van der Waals surface area contributed by atoms with E-state index in [9.17, 15) is 9.59 Å². The molecule has 3 aromatic rings. The molecular formula is C38H45N5O3. The van der Waals surface area contributed by atoms with Gasteiger partial charge in [-0.15, -0.1) is 0 Å². The van der Waals surface area contributed by atoms with Crippen LogP contribution in [0.25, 0.3) is 5.69 Å². The second kappa shape index (κ2) is 12.1. The number of anilines is 2. The van der Waals surface area contributed by atoms with E-state index in [4.69, 9.17) is 9.84 Å². The standard InChI is InChI=1S/C38H45N5O3/c1-24-8-12-30(13-9-24)43-35(23-34(41-43)38(2,3)4)40-37(45)39-29-7-5-6-25(19-29)18-26-20-31-14-15-32(21-26)42(31)36(44)28-11-10-27-16-17-46-33(27)22-28/h5-9,12-13,16-17,19,22-23,26-27,31-33H,10-11,14-15,18,20-21H2,1-4H3,(H2,39,40,45). The fourth-order valence-electron chi connectivity index (χ4n) is 7.71. The Balaban J connectivity index is 0.988. The molecular weight excluding hydrogens is 574 g/mol. The van der Waals surface area contributed by atoms with Crippen LogP contribution in [0.2, 0.25) is 0 Å². The first-order valence-electron chi connectivity index (χ1n) is 16.8. The molecule has 0 spiro atoms. The van der Waals surface area contributed by atoms with Gasteiger partial charge in [-0.05, 0) is 99.8 Å². The zero-order chi connectivity index (χ0) is 32.0. The molecule has 2 fully saturated rings. The van der Waals surface area contributed by atoms with Crippen molar-refractivity contribution >= 4 is 23.4 Å². The Morgan fingerprint density at radius 3 is 2.48 bits per heavy atom. The summed E-state index contributed by atoms with van der Waals surface area (Å²) in [7, 11) is 0. The molecule has 2 aromatic carbocycles. The van der Waals surface area contributed by atoms with Gasteiger partial charge in [-0.1, -0.05) is 50.6 Å². The normalized spacial score (nSPS) is 25.1. The van der Waals surface area contributed by atoms with Crippen molar-refractivity contribution in [2.45, 2.75) is 96.2 Å². The van der Waals surface area contributed by atoms with Crippen molar-refractivity contribution in [2.24, 2.45) is 11.8 Å². The van der Waals surface area contributed by atoms with Crippen molar-refractivity contribution in [2.75, 3.05) is 10.6 Å². The van der Waals surface area contributed by atoms with Gasteiger partial charge in [0, 0.05) is 40.7 Å². The van der Waals surface area contributed by atoms with Gasteiger partial charge in [0.15, 0.2) is 0 Å². The minimum Gasteiger partial charge on any atom is -0.494 e. The number of carbonyl (C=O) groups is 2. The number of piperidine rings is 1. The summed E-state index contributed by atoms with van der Waals surface area (Å²) in [6, 6.07) is 18.5. The quantitative estimate of drug-likeness (QED) is 0.296. The van der Waals surface area contributed by atoms with Gasteiger partial charge in [0.25, 0.3) is 0 Å². The number of hydrogen-bond donors (Lipinski definition) is 2. The molecule has 2 N–H and O–H groups in total. The molecule has 0 radical (unpaired) electrons. The average Bonchev–Trinajstić information content (AvgIpc) is 3.73. The van der Waals surface area contributed by atoms with Gasteiger partial charge in [-0.3, -0.25) is 10.1 Å². The van der Waals surface area contributed by atoms with E-state index in [1.54, 1.807) is 10.9 Å². The highest BCUT2D eigenvalue weighted by Gasteiger charge is 2.44. The number of ether oxygens (including phenoxy) is 1. The second-order valence-corrected chi connectivity index (χ2v) is 14.7. The third kappa shape index (κ3) is 6.22. The van der Waals surface area contributed by atoms with E-state index < -0.39 is 0 Å². The summed E-state index contributed by atoms with van der Waals surface area (Å²) in [5.74, 6) is 1.78. The smallest absolute Gasteiger partial charge is 0.324 e. The van der Waals surface area contributed by atoms with Crippen molar-refractivity contribution in [3.05, 3.63) is 95.4 Å². The fourth-order valence-corrected chi connectivity index (χ4v) is 7.71. The average molecular weight is 620 g/mol. The lowest BCUT2D eigenvalue weighted by molar-refractivity contribution is -0.132. The molecule has 240 valence electrons. The Morgan fingerprint density at radius 1 is 0.978 bits per heavy atom. The number of nitrogens with one attached hydrogen (secondary N) is 2. The number of amides is 3. The minimum absolute atomic E-state index is 0.0298. The Bertz CT molecular complexity index is 1670. The van der Waals surface area contributed by atoms with E-state index in [-0.39, 0.29) is 23.5 Å². The number of carbonyl (C=O) groups excluding carboxylic acids is 2. The number of benzene rings is 2. The zero-order valence-electron chi connectivity index (χ0n) is 27.3. The maximum Gasteiger partial charge on any atom is 0.324 e. The van der Waals surface area contributed by atoms with E-state index in [1.165, 1.54) is 11.1 Å². The SMILES string of the molecule is Cc1ccc(-n2nc(C(C)(C)C)cc2NC(=O)Nc2cccc(CC3CC4CCC(C3)N4C(=O)C3=CC4OC=CC4CC3)c2)cc1. The summed E-state index contributed by atoms with van der Waals surface area (Å²) >= 11 is 0. The predicted molar refractivity (Wildman–Crippen MR) is 181 cm³/mol. The lowest BCUT2D eigenvalue weighted by Crippen LogP contribution is -2.48. The number of rotatable bonds is 6. The minimum atomic E-state index is -0.308. The first kappa shape index (κ1) is 30.3. The molecule has 2 saturated heterocycles. The Hall–Kier alpha value is -4.33. The number of nitrogens with zero attached hydrogens (tertiary/aromatic N) is 3. The van der Waals surface area contributed by atoms with Gasteiger partial charge in [0.1, 0.15) is 11.9 Å². The van der Waals surface area contributed by atoms with E-state index in [0.29, 0.717) is 29.7 Å². The topological polar surface area (TPSA) is 88.5 Å². The van der Waals surface area contributed by atoms with E-state index in [0.717, 1.165) is 67.6 Å². The van der Waals surface area contributed by atoms with Gasteiger partial charge in [-0.25, -0.2) is 9.48 Å². The third-order valence-corrected chi connectivity index (χ3v) is 10.1. The Morgan fingerprint density at radius 2 is 1.74 bits per heavy atom. The summed E-state index contributed by atoms with van der Waals surface area (Å²) in [5, 5.41) is 10.9. The van der Waals surface area contributed by atoms with Gasteiger partial charge in [0.2, 0.25) is 5.91 Å². The molecule has 2 bridgehead atoms. The molecule has 4 heterocycles. The highest BCUT2D eigenvalue weighted by Crippen LogP contribution is 2.42. The van der Waals surface area contributed by atoms with Crippen molar-refractivity contribution in [3.63, 3.8) is 0 Å². The fraction of sp³-hybridized carbons (Fsp3) is 0.447. The van der Waals surface area contributed by atoms with Gasteiger partial charge in [0.05, 0.1) is 17.6 Å². The summed E-state index contributed by atoms with van der Waals surface area (Å²) in [5.41, 5.74) is 5.69. The van der Waals surface area contributed by atoms with Crippen LogP contribution in [-0.2, 0) is 21.4 Å². The number of urea groups is 1. The zero-order valence-corrected chi connectivity index (χ0v) is 27.3. The molecule has 8 heteroatoms. The van der Waals surface area contributed by atoms with E-state index in [2.05, 4.69) is 67.5 Å². The maximum atomic E-state index is 13.6. The summed E-state index contributed by atoms with van der Waals surface area (Å²) < 4.78 is 7.51. The van der Waals surface area contributed by atoms with Crippen LogP contribution in [-0.4, -0.2) is 44.8 Å². The van der Waals surface area contributed by atoms with Crippen molar-refractivity contribution in [1.29, 1.82) is 0 Å². The number of aromatic nitrogens is 2. The summed E-state index contributed by atoms with van der Waals surface area (Å²) in [6.07, 6.45) is 13.0. The summed E-state index contributed by atoms with van der Waals surface area (Å²) in [6.45, 7) is 8.39. The van der Waals surface area contributed by atoms with Crippen molar-refractivity contribution < 1.29 is 14.3 Å². The number of aryl methyl sites for hydroxylation is 1. The van der Waals surface area contributed by atoms with Crippen LogP contribution in [0.1, 0.15) is 76.1 Å². The first-order chi connectivity index (χ1) is 22.1. The van der Waals surface area contributed by atoms with Crippen LogP contribution < -0.4 is 10.6 Å². The van der Waals surface area contributed by atoms with Crippen molar-refractivity contribution in [1.82, 2.24) is 14.7 Å². The highest BCUT2D eigenvalue weighted by molar-refractivity contribution is 5.99.